The molecule has 1 aliphatic heterocycles. The minimum atomic E-state index is -0.222. The number of nitrogens with one attached hydrogen (secondary N) is 1. The van der Waals surface area contributed by atoms with Crippen LogP contribution in [0.1, 0.15) is 26.2 Å². The molecule has 0 aromatic heterocycles. The standard InChI is InChI=1S/C10H21FN2/c1-2-13(8-6-11)9-10-5-3-4-7-12-10/h10,12H,2-9H2,1H3. The Morgan fingerprint density at radius 3 is 2.85 bits per heavy atom. The van der Waals surface area contributed by atoms with E-state index in [1.54, 1.807) is 0 Å². The molecule has 78 valence electrons. The van der Waals surface area contributed by atoms with E-state index in [-0.39, 0.29) is 6.67 Å². The normalized spacial score (nSPS) is 23.8. The summed E-state index contributed by atoms with van der Waals surface area (Å²) in [6, 6.07) is 0.597. The van der Waals surface area contributed by atoms with E-state index in [2.05, 4.69) is 17.1 Å². The van der Waals surface area contributed by atoms with Crippen LogP contribution in [-0.4, -0.2) is 43.8 Å². The number of piperidine rings is 1. The fourth-order valence-electron chi connectivity index (χ4n) is 1.89. The fourth-order valence-corrected chi connectivity index (χ4v) is 1.89. The summed E-state index contributed by atoms with van der Waals surface area (Å²) in [6.45, 7) is 5.58. The highest BCUT2D eigenvalue weighted by Crippen LogP contribution is 2.08. The molecule has 0 amide bonds. The van der Waals surface area contributed by atoms with E-state index in [0.29, 0.717) is 12.6 Å². The molecule has 1 fully saturated rings. The van der Waals surface area contributed by atoms with Gasteiger partial charge >= 0.3 is 0 Å². The van der Waals surface area contributed by atoms with Gasteiger partial charge in [-0.2, -0.15) is 0 Å². The number of nitrogens with zero attached hydrogens (tertiary/aromatic N) is 1. The van der Waals surface area contributed by atoms with Gasteiger partial charge in [0.15, 0.2) is 0 Å². The lowest BCUT2D eigenvalue weighted by Crippen LogP contribution is -2.44. The van der Waals surface area contributed by atoms with Crippen molar-refractivity contribution in [1.82, 2.24) is 10.2 Å². The zero-order chi connectivity index (χ0) is 9.52. The second kappa shape index (κ2) is 6.33. The summed E-state index contributed by atoms with van der Waals surface area (Å²) in [7, 11) is 0. The highest BCUT2D eigenvalue weighted by molar-refractivity contribution is 4.75. The first kappa shape index (κ1) is 10.9. The van der Waals surface area contributed by atoms with E-state index in [4.69, 9.17) is 0 Å². The van der Waals surface area contributed by atoms with Crippen LogP contribution in [0.15, 0.2) is 0 Å². The molecule has 1 rings (SSSR count). The Balaban J connectivity index is 2.18. The molecule has 0 aromatic carbocycles. The second-order valence-electron chi connectivity index (χ2n) is 3.73. The molecule has 0 bridgehead atoms. The van der Waals surface area contributed by atoms with E-state index in [9.17, 15) is 4.39 Å². The smallest absolute Gasteiger partial charge is 0.102 e. The van der Waals surface area contributed by atoms with Crippen molar-refractivity contribution >= 4 is 0 Å². The number of alkyl halides is 1. The first-order valence-corrected chi connectivity index (χ1v) is 5.38. The molecule has 1 saturated heterocycles. The van der Waals surface area contributed by atoms with Crippen molar-refractivity contribution in [2.45, 2.75) is 32.2 Å². The highest BCUT2D eigenvalue weighted by Gasteiger charge is 2.15. The minimum absolute atomic E-state index is 0.222. The van der Waals surface area contributed by atoms with Crippen molar-refractivity contribution in [1.29, 1.82) is 0 Å². The van der Waals surface area contributed by atoms with E-state index >= 15 is 0 Å². The molecule has 0 saturated carbocycles. The van der Waals surface area contributed by atoms with Crippen molar-refractivity contribution in [3.8, 4) is 0 Å². The van der Waals surface area contributed by atoms with Crippen molar-refractivity contribution in [3.05, 3.63) is 0 Å². The quantitative estimate of drug-likeness (QED) is 0.702. The summed E-state index contributed by atoms with van der Waals surface area (Å²) in [5.41, 5.74) is 0. The lowest BCUT2D eigenvalue weighted by molar-refractivity contribution is 0.217. The van der Waals surface area contributed by atoms with E-state index in [1.807, 2.05) is 0 Å². The lowest BCUT2D eigenvalue weighted by atomic mass is 10.0. The summed E-state index contributed by atoms with van der Waals surface area (Å²) >= 11 is 0. The molecular weight excluding hydrogens is 167 g/mol. The Labute approximate surface area is 80.5 Å². The predicted octanol–water partition coefficient (Wildman–Crippen LogP) is 1.42. The van der Waals surface area contributed by atoms with Crippen LogP contribution in [0.5, 0.6) is 0 Å². The molecule has 2 nitrogen and oxygen atoms in total. The number of rotatable bonds is 5. The van der Waals surface area contributed by atoms with Crippen LogP contribution in [0, 0.1) is 0 Å². The lowest BCUT2D eigenvalue weighted by Gasteiger charge is -2.29. The predicted molar refractivity (Wildman–Crippen MR) is 53.7 cm³/mol. The molecule has 1 N–H and O–H groups in total. The van der Waals surface area contributed by atoms with Crippen molar-refractivity contribution in [3.63, 3.8) is 0 Å². The van der Waals surface area contributed by atoms with Gasteiger partial charge in [0.1, 0.15) is 6.67 Å². The topological polar surface area (TPSA) is 15.3 Å². The van der Waals surface area contributed by atoms with Crippen molar-refractivity contribution < 1.29 is 4.39 Å². The Morgan fingerprint density at radius 2 is 2.31 bits per heavy atom. The van der Waals surface area contributed by atoms with E-state index in [1.165, 1.54) is 19.3 Å². The minimum Gasteiger partial charge on any atom is -0.313 e. The number of likely N-dealkylation sites (N-methyl/N-ethyl adjacent to an activating group) is 1. The summed E-state index contributed by atoms with van der Waals surface area (Å²) in [5, 5.41) is 3.48. The summed E-state index contributed by atoms with van der Waals surface area (Å²) in [4.78, 5) is 2.18. The first-order valence-electron chi connectivity index (χ1n) is 5.38. The third kappa shape index (κ3) is 4.05. The van der Waals surface area contributed by atoms with Gasteiger partial charge in [-0.1, -0.05) is 13.3 Å². The van der Waals surface area contributed by atoms with Crippen LogP contribution in [0.3, 0.4) is 0 Å². The van der Waals surface area contributed by atoms with Gasteiger partial charge in [0, 0.05) is 19.1 Å². The summed E-state index contributed by atoms with van der Waals surface area (Å²) < 4.78 is 12.1. The van der Waals surface area contributed by atoms with Crippen LogP contribution in [0.25, 0.3) is 0 Å². The maximum absolute atomic E-state index is 12.1. The van der Waals surface area contributed by atoms with Gasteiger partial charge in [-0.05, 0) is 25.9 Å². The van der Waals surface area contributed by atoms with Gasteiger partial charge in [-0.3, -0.25) is 4.90 Å². The summed E-state index contributed by atoms with van der Waals surface area (Å²) in [5.74, 6) is 0. The number of hydrogen-bond donors (Lipinski definition) is 1. The number of halogens is 1. The van der Waals surface area contributed by atoms with Crippen molar-refractivity contribution in [2.24, 2.45) is 0 Å². The molecule has 0 radical (unpaired) electrons. The third-order valence-electron chi connectivity index (χ3n) is 2.74. The molecule has 1 aliphatic rings. The van der Waals surface area contributed by atoms with Crippen molar-refractivity contribution in [2.75, 3.05) is 32.9 Å². The Hall–Kier alpha value is -0.150. The average Bonchev–Trinajstić information content (AvgIpc) is 2.19. The van der Waals surface area contributed by atoms with Gasteiger partial charge in [-0.15, -0.1) is 0 Å². The first-order chi connectivity index (χ1) is 6.36. The SMILES string of the molecule is CCN(CCF)CC1CCCCN1. The molecule has 3 heteroatoms. The largest absolute Gasteiger partial charge is 0.313 e. The second-order valence-corrected chi connectivity index (χ2v) is 3.73. The molecule has 13 heavy (non-hydrogen) atoms. The highest BCUT2D eigenvalue weighted by atomic mass is 19.1. The van der Waals surface area contributed by atoms with Gasteiger partial charge in [-0.25, -0.2) is 4.39 Å². The zero-order valence-electron chi connectivity index (χ0n) is 8.56. The third-order valence-corrected chi connectivity index (χ3v) is 2.74. The van der Waals surface area contributed by atoms with Crippen LogP contribution in [-0.2, 0) is 0 Å². The van der Waals surface area contributed by atoms with E-state index in [0.717, 1.165) is 19.6 Å². The van der Waals surface area contributed by atoms with Crippen LogP contribution < -0.4 is 5.32 Å². The Bertz CT molecular complexity index is 121. The van der Waals surface area contributed by atoms with Gasteiger partial charge in [0.25, 0.3) is 0 Å². The van der Waals surface area contributed by atoms with Gasteiger partial charge in [0.2, 0.25) is 0 Å². The molecule has 0 spiro atoms. The Morgan fingerprint density at radius 1 is 1.46 bits per heavy atom. The molecule has 1 heterocycles. The average molecular weight is 188 g/mol. The van der Waals surface area contributed by atoms with Gasteiger partial charge in [0.05, 0.1) is 0 Å². The molecular formula is C10H21FN2. The van der Waals surface area contributed by atoms with Crippen LogP contribution in [0.2, 0.25) is 0 Å². The maximum Gasteiger partial charge on any atom is 0.102 e. The van der Waals surface area contributed by atoms with E-state index < -0.39 is 0 Å². The Kier molecular flexibility index (Phi) is 5.32. The van der Waals surface area contributed by atoms with Crippen LogP contribution >= 0.6 is 0 Å². The van der Waals surface area contributed by atoms with Crippen LogP contribution in [0.4, 0.5) is 4.39 Å². The van der Waals surface area contributed by atoms with Gasteiger partial charge < -0.3 is 5.32 Å². The molecule has 1 unspecified atom stereocenters. The maximum atomic E-state index is 12.1. The fraction of sp³-hybridized carbons (Fsp3) is 1.00. The zero-order valence-corrected chi connectivity index (χ0v) is 8.56. The monoisotopic (exact) mass is 188 g/mol. The molecule has 0 aromatic rings. The summed E-state index contributed by atoms with van der Waals surface area (Å²) in [6.07, 6.45) is 3.87. The molecule has 1 atom stereocenters. The number of hydrogen-bond acceptors (Lipinski definition) is 2. The molecule has 0 aliphatic carbocycles.